The van der Waals surface area contributed by atoms with E-state index < -0.39 is 11.6 Å². The molecule has 0 bridgehead atoms. The van der Waals surface area contributed by atoms with Gasteiger partial charge in [0.2, 0.25) is 0 Å². The van der Waals surface area contributed by atoms with Gasteiger partial charge in [0.15, 0.2) is 5.69 Å². The highest BCUT2D eigenvalue weighted by molar-refractivity contribution is 5.88. The molecule has 2 atom stereocenters. The molecule has 1 aromatic heterocycles. The molecule has 138 valence electrons. The second kappa shape index (κ2) is 6.90. The number of anilines is 1. The monoisotopic (exact) mass is 347 g/mol. The summed E-state index contributed by atoms with van der Waals surface area (Å²) in [5, 5.41) is 8.56. The maximum absolute atomic E-state index is 12.4. The first-order valence-electron chi connectivity index (χ1n) is 9.17. The number of carbonyl (C=O) groups is 1. The highest BCUT2D eigenvalue weighted by Crippen LogP contribution is 2.43. The first-order chi connectivity index (χ1) is 11.8. The van der Waals surface area contributed by atoms with E-state index in [1.54, 1.807) is 7.11 Å². The lowest BCUT2D eigenvalue weighted by atomic mass is 9.95. The third kappa shape index (κ3) is 4.29. The van der Waals surface area contributed by atoms with Crippen molar-refractivity contribution >= 4 is 11.7 Å². The summed E-state index contributed by atoms with van der Waals surface area (Å²) in [4.78, 5) is 14.7. The Morgan fingerprint density at radius 2 is 1.96 bits per heavy atom. The Kier molecular flexibility index (Phi) is 5.00. The normalized spacial score (nSPS) is 24.3. The zero-order valence-electron chi connectivity index (χ0n) is 15.9. The fourth-order valence-electron chi connectivity index (χ4n) is 3.42. The van der Waals surface area contributed by atoms with Crippen molar-refractivity contribution in [3.05, 3.63) is 17.5 Å². The number of rotatable bonds is 4. The first-order valence-corrected chi connectivity index (χ1v) is 9.17. The van der Waals surface area contributed by atoms with Gasteiger partial charge in [-0.05, 0) is 52.0 Å². The maximum atomic E-state index is 12.4. The van der Waals surface area contributed by atoms with Crippen LogP contribution in [0.25, 0.3) is 0 Å². The molecular formula is C19H29N3O3. The molecule has 6 heteroatoms. The Balaban J connectivity index is 1.86. The van der Waals surface area contributed by atoms with E-state index in [1.165, 1.54) is 0 Å². The molecule has 1 saturated carbocycles. The summed E-state index contributed by atoms with van der Waals surface area (Å²) in [5.74, 6) is 0.498. The zero-order valence-corrected chi connectivity index (χ0v) is 15.9. The van der Waals surface area contributed by atoms with Crippen LogP contribution in [0.15, 0.2) is 6.07 Å². The van der Waals surface area contributed by atoms with Crippen LogP contribution in [0, 0.1) is 5.92 Å². The minimum atomic E-state index is -0.542. The van der Waals surface area contributed by atoms with Gasteiger partial charge in [-0.3, -0.25) is 0 Å². The average Bonchev–Trinajstić information content (AvgIpc) is 3.37. The third-order valence-electron chi connectivity index (χ3n) is 4.84. The molecule has 0 radical (unpaired) electrons. The summed E-state index contributed by atoms with van der Waals surface area (Å²) < 4.78 is 11.0. The average molecular weight is 347 g/mol. The number of carbonyl (C=O) groups excluding carboxylic acids is 1. The lowest BCUT2D eigenvalue weighted by molar-refractivity contribution is 0.00614. The fraction of sp³-hybridized carbons (Fsp3) is 0.737. The first kappa shape index (κ1) is 18.1. The summed E-state index contributed by atoms with van der Waals surface area (Å²) in [5.41, 5.74) is 1.81. The van der Waals surface area contributed by atoms with Gasteiger partial charge in [-0.2, -0.15) is 5.10 Å². The van der Waals surface area contributed by atoms with Crippen molar-refractivity contribution in [3.63, 3.8) is 0 Å². The Morgan fingerprint density at radius 3 is 2.52 bits per heavy atom. The van der Waals surface area contributed by atoms with Crippen molar-refractivity contribution in [2.24, 2.45) is 5.92 Å². The lowest BCUT2D eigenvalue weighted by Gasteiger charge is -2.38. The predicted octanol–water partition coefficient (Wildman–Crippen LogP) is 3.17. The maximum Gasteiger partial charge on any atom is 0.359 e. The molecule has 0 spiro atoms. The number of nitrogens with zero attached hydrogens (tertiary/aromatic N) is 3. The Labute approximate surface area is 149 Å². The topological polar surface area (TPSA) is 64.5 Å². The molecule has 2 unspecified atom stereocenters. The van der Waals surface area contributed by atoms with Crippen molar-refractivity contribution < 1.29 is 14.3 Å². The largest absolute Gasteiger partial charge is 0.455 e. The van der Waals surface area contributed by atoms with Crippen LogP contribution in [-0.2, 0) is 9.47 Å². The summed E-state index contributed by atoms with van der Waals surface area (Å²) >= 11 is 0. The van der Waals surface area contributed by atoms with E-state index >= 15 is 0 Å². The molecule has 0 N–H and O–H groups in total. The summed E-state index contributed by atoms with van der Waals surface area (Å²) in [6, 6.07) is 1.87. The molecule has 1 saturated heterocycles. The lowest BCUT2D eigenvalue weighted by Crippen LogP contribution is -2.43. The van der Waals surface area contributed by atoms with Crippen LogP contribution < -0.4 is 4.90 Å². The van der Waals surface area contributed by atoms with Crippen molar-refractivity contribution in [2.45, 2.75) is 64.6 Å². The molecule has 1 aliphatic carbocycles. The van der Waals surface area contributed by atoms with E-state index in [2.05, 4.69) is 22.0 Å². The number of ether oxygens (including phenoxy) is 2. The van der Waals surface area contributed by atoms with Gasteiger partial charge in [0.1, 0.15) is 5.60 Å². The Morgan fingerprint density at radius 1 is 1.24 bits per heavy atom. The minimum absolute atomic E-state index is 0.288. The highest BCUT2D eigenvalue weighted by Gasteiger charge is 2.34. The Hall–Kier alpha value is -1.69. The summed E-state index contributed by atoms with van der Waals surface area (Å²) in [6.07, 6.45) is 3.57. The standard InChI is InChI=1S/C19H29N3O3/c1-12-11-22(9-8-16(12)24-5)15-10-14(18(23)25-19(2,3)4)20-21-17(15)13-6-7-13/h10,12-13,16H,6-9,11H2,1-5H3. The van der Waals surface area contributed by atoms with Crippen molar-refractivity contribution in [2.75, 3.05) is 25.1 Å². The van der Waals surface area contributed by atoms with Crippen molar-refractivity contribution in [1.29, 1.82) is 0 Å². The molecule has 6 nitrogen and oxygen atoms in total. The smallest absolute Gasteiger partial charge is 0.359 e. The van der Waals surface area contributed by atoms with E-state index in [1.807, 2.05) is 26.8 Å². The second-order valence-corrected chi connectivity index (χ2v) is 8.26. The number of piperidine rings is 1. The van der Waals surface area contributed by atoms with Gasteiger partial charge in [0.05, 0.1) is 17.5 Å². The molecule has 1 aromatic rings. The quantitative estimate of drug-likeness (QED) is 0.780. The van der Waals surface area contributed by atoms with Crippen LogP contribution >= 0.6 is 0 Å². The Bertz CT molecular complexity index is 637. The van der Waals surface area contributed by atoms with Gasteiger partial charge in [-0.1, -0.05) is 6.92 Å². The number of aromatic nitrogens is 2. The fourth-order valence-corrected chi connectivity index (χ4v) is 3.42. The van der Waals surface area contributed by atoms with Gasteiger partial charge in [-0.15, -0.1) is 5.10 Å². The third-order valence-corrected chi connectivity index (χ3v) is 4.84. The van der Waals surface area contributed by atoms with E-state index in [9.17, 15) is 4.79 Å². The van der Waals surface area contributed by atoms with E-state index in [0.717, 1.165) is 43.7 Å². The van der Waals surface area contributed by atoms with Crippen LogP contribution in [0.2, 0.25) is 0 Å². The SMILES string of the molecule is COC1CCN(c2cc(C(=O)OC(C)(C)C)nnc2C2CC2)CC1C. The van der Waals surface area contributed by atoms with E-state index in [4.69, 9.17) is 9.47 Å². The predicted molar refractivity (Wildman–Crippen MR) is 96.0 cm³/mol. The van der Waals surface area contributed by atoms with E-state index in [0.29, 0.717) is 17.9 Å². The molecule has 1 aliphatic heterocycles. The van der Waals surface area contributed by atoms with E-state index in [-0.39, 0.29) is 5.69 Å². The molecule has 0 aromatic carbocycles. The van der Waals surface area contributed by atoms with Crippen LogP contribution in [0.4, 0.5) is 5.69 Å². The van der Waals surface area contributed by atoms with Crippen LogP contribution in [0.3, 0.4) is 0 Å². The van der Waals surface area contributed by atoms with Gasteiger partial charge in [0.25, 0.3) is 0 Å². The summed E-state index contributed by atoms with van der Waals surface area (Å²) in [6.45, 7) is 9.58. The molecule has 2 fully saturated rings. The number of esters is 1. The van der Waals surface area contributed by atoms with Crippen molar-refractivity contribution in [3.8, 4) is 0 Å². The molecule has 2 heterocycles. The van der Waals surface area contributed by atoms with Gasteiger partial charge < -0.3 is 14.4 Å². The second-order valence-electron chi connectivity index (χ2n) is 8.26. The molecule has 3 rings (SSSR count). The number of hydrogen-bond donors (Lipinski definition) is 0. The highest BCUT2D eigenvalue weighted by atomic mass is 16.6. The molecule has 0 amide bonds. The van der Waals surface area contributed by atoms with Crippen LogP contribution in [-0.4, -0.2) is 48.1 Å². The van der Waals surface area contributed by atoms with Crippen molar-refractivity contribution in [1.82, 2.24) is 10.2 Å². The number of methoxy groups -OCH3 is 1. The van der Waals surface area contributed by atoms with Crippen LogP contribution in [0.1, 0.15) is 69.1 Å². The molecular weight excluding hydrogens is 318 g/mol. The molecule has 2 aliphatic rings. The number of hydrogen-bond acceptors (Lipinski definition) is 6. The van der Waals surface area contributed by atoms with Gasteiger partial charge >= 0.3 is 5.97 Å². The summed E-state index contributed by atoms with van der Waals surface area (Å²) in [7, 11) is 1.78. The minimum Gasteiger partial charge on any atom is -0.455 e. The zero-order chi connectivity index (χ0) is 18.2. The van der Waals surface area contributed by atoms with Crippen LogP contribution in [0.5, 0.6) is 0 Å². The molecule has 25 heavy (non-hydrogen) atoms. The van der Waals surface area contributed by atoms with Gasteiger partial charge in [0, 0.05) is 26.1 Å². The van der Waals surface area contributed by atoms with Gasteiger partial charge in [-0.25, -0.2) is 4.79 Å².